The molecule has 0 aromatic carbocycles. The number of thioether (sulfide) groups is 1. The zero-order valence-electron chi connectivity index (χ0n) is 11.1. The fraction of sp³-hybridized carbons (Fsp3) is 0.308. The van der Waals surface area contributed by atoms with Gasteiger partial charge in [-0.05, 0) is 18.4 Å². The lowest BCUT2D eigenvalue weighted by Gasteiger charge is -2.08. The normalized spacial score (nSPS) is 12.2. The lowest BCUT2D eigenvalue weighted by atomic mass is 10.2. The number of hydrogen-bond acceptors (Lipinski definition) is 5. The Kier molecular flexibility index (Phi) is 5.39. The number of halogens is 1. The maximum atomic E-state index is 12.0. The third kappa shape index (κ3) is 3.71. The zero-order chi connectivity index (χ0) is 14.5. The van der Waals surface area contributed by atoms with Gasteiger partial charge in [-0.2, -0.15) is 11.8 Å². The minimum atomic E-state index is -0.0648. The molecular weight excluding hydrogens is 314 g/mol. The number of carbonyl (C=O) groups excluding carboxylic acids is 1. The number of nitrogens with one attached hydrogen (secondary N) is 1. The van der Waals surface area contributed by atoms with Crippen LogP contribution in [0.15, 0.2) is 24.5 Å². The van der Waals surface area contributed by atoms with Crippen molar-refractivity contribution in [2.75, 3.05) is 17.3 Å². The molecule has 4 nitrogen and oxygen atoms in total. The van der Waals surface area contributed by atoms with Gasteiger partial charge in [-0.1, -0.05) is 29.9 Å². The fourth-order valence-corrected chi connectivity index (χ4v) is 3.35. The van der Waals surface area contributed by atoms with Crippen molar-refractivity contribution in [2.24, 2.45) is 5.92 Å². The summed E-state index contributed by atoms with van der Waals surface area (Å²) < 4.78 is 0. The Bertz CT molecular complexity index is 589. The lowest BCUT2D eigenvalue weighted by molar-refractivity contribution is -0.118. The van der Waals surface area contributed by atoms with Crippen molar-refractivity contribution < 1.29 is 4.79 Å². The van der Waals surface area contributed by atoms with E-state index in [1.54, 1.807) is 24.2 Å². The van der Waals surface area contributed by atoms with E-state index >= 15 is 0 Å². The Balaban J connectivity index is 2.14. The minimum absolute atomic E-state index is 0.0392. The Hall–Kier alpha value is -1.11. The Labute approximate surface area is 131 Å². The molecule has 106 valence electrons. The van der Waals surface area contributed by atoms with Crippen LogP contribution in [-0.2, 0) is 4.79 Å². The predicted molar refractivity (Wildman–Crippen MR) is 86.5 cm³/mol. The third-order valence-electron chi connectivity index (χ3n) is 2.60. The second kappa shape index (κ2) is 7.06. The summed E-state index contributed by atoms with van der Waals surface area (Å²) in [7, 11) is 0. The highest BCUT2D eigenvalue weighted by molar-refractivity contribution is 7.98. The van der Waals surface area contributed by atoms with Gasteiger partial charge in [0.15, 0.2) is 5.15 Å². The molecule has 1 N–H and O–H groups in total. The summed E-state index contributed by atoms with van der Waals surface area (Å²) >= 11 is 9.07. The van der Waals surface area contributed by atoms with E-state index in [-0.39, 0.29) is 11.8 Å². The summed E-state index contributed by atoms with van der Waals surface area (Å²) in [6.07, 6.45) is 5.40. The summed E-state index contributed by atoms with van der Waals surface area (Å²) in [5, 5.41) is 4.49. The van der Waals surface area contributed by atoms with Gasteiger partial charge in [0.25, 0.3) is 0 Å². The minimum Gasteiger partial charge on any atom is -0.315 e. The molecule has 2 heterocycles. The lowest BCUT2D eigenvalue weighted by Crippen LogP contribution is -2.21. The van der Waals surface area contributed by atoms with Crippen molar-refractivity contribution in [3.05, 3.63) is 29.7 Å². The van der Waals surface area contributed by atoms with Crippen LogP contribution < -0.4 is 5.32 Å². The molecule has 1 amide bonds. The number of rotatable bonds is 5. The van der Waals surface area contributed by atoms with E-state index in [2.05, 4.69) is 15.3 Å². The summed E-state index contributed by atoms with van der Waals surface area (Å²) in [5.41, 5.74) is 0.886. The van der Waals surface area contributed by atoms with Crippen molar-refractivity contribution >= 4 is 45.6 Å². The first kappa shape index (κ1) is 15.3. The smallest absolute Gasteiger partial charge is 0.228 e. The topological polar surface area (TPSA) is 54.9 Å². The highest BCUT2D eigenvalue weighted by Crippen LogP contribution is 2.34. The summed E-state index contributed by atoms with van der Waals surface area (Å²) in [6, 6.07) is 3.74. The molecule has 0 aliphatic carbocycles. The molecule has 0 fully saturated rings. The summed E-state index contributed by atoms with van der Waals surface area (Å²) in [5.74, 6) is 0.671. The van der Waals surface area contributed by atoms with E-state index in [4.69, 9.17) is 11.6 Å². The second-order valence-electron chi connectivity index (χ2n) is 4.23. The van der Waals surface area contributed by atoms with E-state index in [0.717, 1.165) is 16.3 Å². The molecule has 0 unspecified atom stereocenters. The average Bonchev–Trinajstić information content (AvgIpc) is 2.81. The molecule has 2 aromatic heterocycles. The van der Waals surface area contributed by atoms with Crippen molar-refractivity contribution in [1.29, 1.82) is 0 Å². The Morgan fingerprint density at radius 1 is 1.60 bits per heavy atom. The maximum absolute atomic E-state index is 12.0. The number of thiazole rings is 1. The zero-order valence-corrected chi connectivity index (χ0v) is 13.5. The largest absolute Gasteiger partial charge is 0.315 e. The van der Waals surface area contributed by atoms with Crippen LogP contribution in [0.4, 0.5) is 5.00 Å². The van der Waals surface area contributed by atoms with E-state index in [9.17, 15) is 4.79 Å². The molecule has 0 aliphatic heterocycles. The SMILES string of the molecule is CSC[C@@H](C)C(=O)Nc1sc(-c2cccnc2)nc1Cl. The van der Waals surface area contributed by atoms with Gasteiger partial charge in [-0.25, -0.2) is 4.98 Å². The van der Waals surface area contributed by atoms with Crippen molar-refractivity contribution in [3.8, 4) is 10.6 Å². The van der Waals surface area contributed by atoms with Crippen LogP contribution in [0.1, 0.15) is 6.92 Å². The van der Waals surface area contributed by atoms with Gasteiger partial charge >= 0.3 is 0 Å². The molecule has 20 heavy (non-hydrogen) atoms. The predicted octanol–water partition coefficient (Wildman–Crippen LogP) is 3.80. The van der Waals surface area contributed by atoms with E-state index in [1.807, 2.05) is 25.3 Å². The van der Waals surface area contributed by atoms with Crippen LogP contribution in [0.25, 0.3) is 10.6 Å². The number of nitrogens with zero attached hydrogens (tertiary/aromatic N) is 2. The van der Waals surface area contributed by atoms with Crippen LogP contribution in [-0.4, -0.2) is 27.9 Å². The van der Waals surface area contributed by atoms with Crippen LogP contribution in [0.5, 0.6) is 0 Å². The summed E-state index contributed by atoms with van der Waals surface area (Å²) in [6.45, 7) is 1.89. The molecule has 0 saturated carbocycles. The highest BCUT2D eigenvalue weighted by atomic mass is 35.5. The van der Waals surface area contributed by atoms with Gasteiger partial charge in [0.1, 0.15) is 10.0 Å². The Morgan fingerprint density at radius 3 is 3.05 bits per heavy atom. The Morgan fingerprint density at radius 2 is 2.40 bits per heavy atom. The van der Waals surface area contributed by atoms with Crippen LogP contribution in [0.3, 0.4) is 0 Å². The molecule has 0 aliphatic rings. The van der Waals surface area contributed by atoms with Gasteiger partial charge < -0.3 is 5.32 Å². The molecular formula is C13H14ClN3OS2. The quantitative estimate of drug-likeness (QED) is 0.907. The first-order chi connectivity index (χ1) is 9.61. The molecule has 1 atom stereocenters. The summed E-state index contributed by atoms with van der Waals surface area (Å²) in [4.78, 5) is 20.3. The van der Waals surface area contributed by atoms with Crippen molar-refractivity contribution in [3.63, 3.8) is 0 Å². The average molecular weight is 328 g/mol. The van der Waals surface area contributed by atoms with Gasteiger partial charge in [-0.3, -0.25) is 9.78 Å². The number of hydrogen-bond donors (Lipinski definition) is 1. The van der Waals surface area contributed by atoms with E-state index in [1.165, 1.54) is 11.3 Å². The standard InChI is InChI=1S/C13H14ClN3OS2/c1-8(7-19-2)11(18)17-13-10(14)16-12(20-13)9-4-3-5-15-6-9/h3-6,8H,7H2,1-2H3,(H,17,18)/t8-/m1/s1. The molecule has 0 bridgehead atoms. The third-order valence-corrected chi connectivity index (χ3v) is 4.83. The maximum Gasteiger partial charge on any atom is 0.228 e. The number of amides is 1. The molecule has 2 rings (SSSR count). The van der Waals surface area contributed by atoms with Gasteiger partial charge in [0.05, 0.1) is 0 Å². The van der Waals surface area contributed by atoms with Crippen LogP contribution in [0.2, 0.25) is 5.15 Å². The number of pyridine rings is 1. The number of aromatic nitrogens is 2. The number of carbonyl (C=O) groups is 1. The number of anilines is 1. The van der Waals surface area contributed by atoms with E-state index in [0.29, 0.717) is 10.2 Å². The van der Waals surface area contributed by atoms with Gasteiger partial charge in [-0.15, -0.1) is 0 Å². The van der Waals surface area contributed by atoms with Crippen LogP contribution in [0, 0.1) is 5.92 Å². The monoisotopic (exact) mass is 327 g/mol. The van der Waals surface area contributed by atoms with Gasteiger partial charge in [0.2, 0.25) is 5.91 Å². The molecule has 0 spiro atoms. The molecule has 0 radical (unpaired) electrons. The molecule has 2 aromatic rings. The van der Waals surface area contributed by atoms with Crippen LogP contribution >= 0.6 is 34.7 Å². The second-order valence-corrected chi connectivity index (χ2v) is 6.49. The highest BCUT2D eigenvalue weighted by Gasteiger charge is 2.17. The fourth-order valence-electron chi connectivity index (χ4n) is 1.55. The first-order valence-electron chi connectivity index (χ1n) is 5.98. The molecule has 0 saturated heterocycles. The molecule has 7 heteroatoms. The van der Waals surface area contributed by atoms with E-state index < -0.39 is 0 Å². The van der Waals surface area contributed by atoms with Crippen molar-refractivity contribution in [1.82, 2.24) is 9.97 Å². The van der Waals surface area contributed by atoms with Gasteiger partial charge in [0, 0.05) is 29.6 Å². The first-order valence-corrected chi connectivity index (χ1v) is 8.57. The van der Waals surface area contributed by atoms with Crippen molar-refractivity contribution in [2.45, 2.75) is 6.92 Å².